The second-order valence-corrected chi connectivity index (χ2v) is 7.04. The second-order valence-electron chi connectivity index (χ2n) is 7.04. The van der Waals surface area contributed by atoms with Gasteiger partial charge in [-0.3, -0.25) is 9.59 Å². The van der Waals surface area contributed by atoms with Crippen molar-refractivity contribution < 1.29 is 39.5 Å². The maximum atomic E-state index is 12.6. The summed E-state index contributed by atoms with van der Waals surface area (Å²) in [5, 5.41) is 50.5. The van der Waals surface area contributed by atoms with E-state index >= 15 is 0 Å². The van der Waals surface area contributed by atoms with E-state index < -0.39 is 42.6 Å². The lowest BCUT2D eigenvalue weighted by Gasteiger charge is -2.40. The summed E-state index contributed by atoms with van der Waals surface area (Å²) in [7, 11) is 0. The van der Waals surface area contributed by atoms with E-state index in [9.17, 15) is 35.1 Å². The average molecular weight is 394 g/mol. The molecule has 1 aliphatic heterocycles. The van der Waals surface area contributed by atoms with Crippen LogP contribution >= 0.6 is 0 Å². The van der Waals surface area contributed by atoms with Crippen LogP contribution in [0.15, 0.2) is 21.3 Å². The molecule has 1 aliphatic rings. The van der Waals surface area contributed by atoms with Crippen LogP contribution in [-0.4, -0.2) is 62.3 Å². The van der Waals surface area contributed by atoms with E-state index in [4.69, 9.17) is 9.15 Å². The Kier molecular flexibility index (Phi) is 5.55. The number of carbonyl (C=O) groups excluding carboxylic acids is 1. The van der Waals surface area contributed by atoms with Gasteiger partial charge in [-0.1, -0.05) is 0 Å². The van der Waals surface area contributed by atoms with Crippen LogP contribution in [0.3, 0.4) is 0 Å². The summed E-state index contributed by atoms with van der Waals surface area (Å²) < 4.78 is 11.2. The van der Waals surface area contributed by atoms with E-state index in [1.165, 1.54) is 19.1 Å². The van der Waals surface area contributed by atoms with Crippen molar-refractivity contribution in [2.75, 3.05) is 6.61 Å². The normalized spacial score (nSPS) is 27.9. The third-order valence-electron chi connectivity index (χ3n) is 4.87. The van der Waals surface area contributed by atoms with Gasteiger partial charge < -0.3 is 34.7 Å². The zero-order valence-electron chi connectivity index (χ0n) is 15.3. The van der Waals surface area contributed by atoms with Gasteiger partial charge in [0.05, 0.1) is 24.0 Å². The Morgan fingerprint density at radius 2 is 1.82 bits per heavy atom. The molecule has 0 saturated carbocycles. The molecule has 3 rings (SSSR count). The fraction of sp³-hybridized carbons (Fsp3) is 0.474. The van der Waals surface area contributed by atoms with Crippen LogP contribution in [0.4, 0.5) is 0 Å². The van der Waals surface area contributed by atoms with Crippen molar-refractivity contribution in [3.63, 3.8) is 0 Å². The number of Topliss-reactive ketones (excluding diaryl/α,β-unsaturated/α-hetero) is 1. The molecule has 2 heterocycles. The molecule has 0 unspecified atom stereocenters. The van der Waals surface area contributed by atoms with Gasteiger partial charge in [-0.05, 0) is 25.5 Å². The number of fused-ring (bicyclic) bond motifs is 1. The summed E-state index contributed by atoms with van der Waals surface area (Å²) in [5.74, 6) is -0.535. The number of ether oxygens (including phenoxy) is 1. The number of hydrogen-bond donors (Lipinski definition) is 5. The maximum absolute atomic E-state index is 12.6. The summed E-state index contributed by atoms with van der Waals surface area (Å²) in [4.78, 5) is 24.0. The molecule has 28 heavy (non-hydrogen) atoms. The highest BCUT2D eigenvalue weighted by atomic mass is 16.5. The van der Waals surface area contributed by atoms with Crippen molar-refractivity contribution in [3.05, 3.63) is 39.2 Å². The first-order valence-electron chi connectivity index (χ1n) is 8.74. The van der Waals surface area contributed by atoms with Gasteiger partial charge in [-0.15, -0.1) is 0 Å². The largest absolute Gasteiger partial charge is 0.507 e. The minimum absolute atomic E-state index is 0.0702. The summed E-state index contributed by atoms with van der Waals surface area (Å²) in [6.45, 7) is 2.27. The van der Waals surface area contributed by atoms with Crippen LogP contribution in [0.5, 0.6) is 5.75 Å². The lowest BCUT2D eigenvalue weighted by Crippen LogP contribution is -2.55. The molecule has 0 spiro atoms. The second kappa shape index (κ2) is 7.61. The van der Waals surface area contributed by atoms with Gasteiger partial charge >= 0.3 is 0 Å². The third-order valence-corrected chi connectivity index (χ3v) is 4.87. The van der Waals surface area contributed by atoms with E-state index in [2.05, 4.69) is 0 Å². The summed E-state index contributed by atoms with van der Waals surface area (Å²) >= 11 is 0. The Bertz CT molecular complexity index is 962. The van der Waals surface area contributed by atoms with Crippen LogP contribution in [-0.2, 0) is 16.0 Å². The lowest BCUT2D eigenvalue weighted by molar-refractivity contribution is -0.231. The molecule has 9 heteroatoms. The Labute approximate surface area is 159 Å². The number of rotatable bonds is 4. The number of ketones is 1. The number of carbonyl (C=O) groups is 1. The number of phenolic OH excluding ortho intramolecular Hbond substituents is 1. The molecular weight excluding hydrogens is 372 g/mol. The van der Waals surface area contributed by atoms with Gasteiger partial charge in [0.15, 0.2) is 5.43 Å². The van der Waals surface area contributed by atoms with Crippen LogP contribution in [0.25, 0.3) is 11.0 Å². The Morgan fingerprint density at radius 3 is 2.43 bits per heavy atom. The minimum atomic E-state index is -1.67. The Hall–Kier alpha value is -2.30. The number of aryl methyl sites for hydroxylation is 1. The summed E-state index contributed by atoms with van der Waals surface area (Å²) in [6, 6.07) is 2.48. The number of aromatic hydroxyl groups is 1. The molecule has 5 N–H and O–H groups in total. The predicted molar refractivity (Wildman–Crippen MR) is 96.0 cm³/mol. The van der Waals surface area contributed by atoms with Gasteiger partial charge in [0.1, 0.15) is 53.4 Å². The van der Waals surface area contributed by atoms with Crippen molar-refractivity contribution in [1.29, 1.82) is 0 Å². The van der Waals surface area contributed by atoms with Crippen molar-refractivity contribution in [3.8, 4) is 5.75 Å². The molecule has 2 aromatic rings. The van der Waals surface area contributed by atoms with Crippen LogP contribution in [0, 0.1) is 6.92 Å². The number of aliphatic hydroxyl groups excluding tert-OH is 4. The van der Waals surface area contributed by atoms with Crippen LogP contribution in [0.2, 0.25) is 0 Å². The fourth-order valence-corrected chi connectivity index (χ4v) is 3.52. The van der Waals surface area contributed by atoms with Gasteiger partial charge in [-0.25, -0.2) is 0 Å². The summed E-state index contributed by atoms with van der Waals surface area (Å²) in [5.41, 5.74) is -0.240. The van der Waals surface area contributed by atoms with Crippen molar-refractivity contribution >= 4 is 16.8 Å². The molecule has 0 bridgehead atoms. The molecule has 1 fully saturated rings. The quantitative estimate of drug-likeness (QED) is 0.459. The number of benzene rings is 1. The lowest BCUT2D eigenvalue weighted by atomic mass is 9.89. The standard InChI is InChI=1S/C19H22O9/c1-7-3-10(22)14(19-17(26)16(25)15(24)12(6-20)28-19)18-13(7)11(23)5-9(27-18)4-8(2)21/h3,5,12,15-17,19-20,22,24-26H,4,6H2,1-2H3/t12-,15-,16-,17+,19-/m1/s1. The molecule has 152 valence electrons. The molecule has 0 aliphatic carbocycles. The van der Waals surface area contributed by atoms with E-state index in [0.717, 1.165) is 0 Å². The van der Waals surface area contributed by atoms with Gasteiger partial charge in [0, 0.05) is 6.07 Å². The molecule has 0 radical (unpaired) electrons. The van der Waals surface area contributed by atoms with Gasteiger partial charge in [-0.2, -0.15) is 0 Å². The van der Waals surface area contributed by atoms with E-state index in [0.29, 0.717) is 5.56 Å². The molecule has 9 nitrogen and oxygen atoms in total. The highest BCUT2D eigenvalue weighted by Gasteiger charge is 2.45. The van der Waals surface area contributed by atoms with Crippen molar-refractivity contribution in [2.24, 2.45) is 0 Å². The molecule has 1 aromatic carbocycles. The first kappa shape index (κ1) is 20.4. The molecule has 5 atom stereocenters. The zero-order valence-corrected chi connectivity index (χ0v) is 15.3. The van der Waals surface area contributed by atoms with Crippen LogP contribution < -0.4 is 5.43 Å². The number of hydrogen-bond acceptors (Lipinski definition) is 9. The topological polar surface area (TPSA) is 158 Å². The third kappa shape index (κ3) is 3.43. The fourth-order valence-electron chi connectivity index (χ4n) is 3.52. The molecule has 1 saturated heterocycles. The first-order chi connectivity index (χ1) is 13.1. The molecule has 1 aromatic heterocycles. The van der Waals surface area contributed by atoms with E-state index in [1.807, 2.05) is 0 Å². The Balaban J connectivity index is 2.26. The smallest absolute Gasteiger partial charge is 0.193 e. The van der Waals surface area contributed by atoms with Gasteiger partial charge in [0.2, 0.25) is 0 Å². The SMILES string of the molecule is CC(=O)Cc1cc(=O)c2c(C)cc(O)c([C@H]3O[C@H](CO)[C@@H](O)[C@@H](O)[C@@H]3O)c2o1. The zero-order chi connectivity index (χ0) is 20.7. The van der Waals surface area contributed by atoms with Crippen molar-refractivity contribution in [2.45, 2.75) is 50.8 Å². The predicted octanol–water partition coefficient (Wildman–Crippen LogP) is -0.547. The highest BCUT2D eigenvalue weighted by Crippen LogP contribution is 2.41. The van der Waals surface area contributed by atoms with E-state index in [1.54, 1.807) is 6.92 Å². The highest BCUT2D eigenvalue weighted by molar-refractivity contribution is 5.86. The summed E-state index contributed by atoms with van der Waals surface area (Å²) in [6.07, 6.45) is -7.65. The molecular formula is C19H22O9. The number of aliphatic hydroxyl groups is 4. The van der Waals surface area contributed by atoms with Crippen LogP contribution in [0.1, 0.15) is 29.9 Å². The van der Waals surface area contributed by atoms with Crippen molar-refractivity contribution in [1.82, 2.24) is 0 Å². The average Bonchev–Trinajstić information content (AvgIpc) is 2.60. The van der Waals surface area contributed by atoms with Gasteiger partial charge in [0.25, 0.3) is 0 Å². The first-order valence-corrected chi connectivity index (χ1v) is 8.74. The Morgan fingerprint density at radius 1 is 1.14 bits per heavy atom. The van der Waals surface area contributed by atoms with E-state index in [-0.39, 0.29) is 40.2 Å². The molecule has 0 amide bonds. The maximum Gasteiger partial charge on any atom is 0.193 e. The minimum Gasteiger partial charge on any atom is -0.507 e. The monoisotopic (exact) mass is 394 g/mol. The number of phenols is 1.